The van der Waals surface area contributed by atoms with Crippen LogP contribution in [-0.4, -0.2) is 45.8 Å². The van der Waals surface area contributed by atoms with Gasteiger partial charge in [0.15, 0.2) is 11.4 Å². The number of nitrogens with one attached hydrogen (secondary N) is 1. The van der Waals surface area contributed by atoms with Gasteiger partial charge in [-0.25, -0.2) is 8.78 Å². The monoisotopic (exact) mass is 458 g/mol. The lowest BCUT2D eigenvalue weighted by atomic mass is 10.0. The minimum absolute atomic E-state index is 0.0354. The third kappa shape index (κ3) is 3.65. The van der Waals surface area contributed by atoms with Crippen molar-refractivity contribution in [3.63, 3.8) is 0 Å². The fraction of sp³-hybridized carbons (Fsp3) is 0.348. The van der Waals surface area contributed by atoms with Crippen LogP contribution in [0.15, 0.2) is 41.3 Å². The van der Waals surface area contributed by atoms with Crippen LogP contribution in [0.2, 0.25) is 0 Å². The molecule has 1 saturated heterocycles. The first kappa shape index (κ1) is 22.5. The molecule has 2 aliphatic rings. The van der Waals surface area contributed by atoms with Gasteiger partial charge in [-0.3, -0.25) is 24.1 Å². The van der Waals surface area contributed by atoms with Crippen LogP contribution in [0.5, 0.6) is 5.75 Å². The van der Waals surface area contributed by atoms with Crippen molar-refractivity contribution in [2.45, 2.75) is 38.9 Å². The highest BCUT2D eigenvalue weighted by molar-refractivity contribution is 5.99. The molecule has 0 saturated carbocycles. The molecule has 8 nitrogen and oxygen atoms in total. The molecule has 33 heavy (non-hydrogen) atoms. The Hall–Kier alpha value is -3.69. The van der Waals surface area contributed by atoms with Crippen LogP contribution >= 0.6 is 0 Å². The predicted molar refractivity (Wildman–Crippen MR) is 117 cm³/mol. The van der Waals surface area contributed by atoms with Gasteiger partial charge in [-0.05, 0) is 38.3 Å². The van der Waals surface area contributed by atoms with Gasteiger partial charge >= 0.3 is 0 Å². The second kappa shape index (κ2) is 8.34. The molecule has 2 aromatic rings. The topological polar surface area (TPSA) is 94.9 Å². The second-order valence-electron chi connectivity index (χ2n) is 8.16. The minimum atomic E-state index is -1.01. The predicted octanol–water partition coefficient (Wildman–Crippen LogP) is 2.41. The number of aromatic nitrogens is 1. The van der Waals surface area contributed by atoms with E-state index in [1.54, 1.807) is 11.9 Å². The number of nitrogens with zero attached hydrogens (tertiary/aromatic N) is 3. The Morgan fingerprint density at radius 3 is 2.73 bits per heavy atom. The number of piperidine rings is 1. The smallest absolute Gasteiger partial charge is 0.278 e. The highest BCUT2D eigenvalue weighted by atomic mass is 19.1. The maximum Gasteiger partial charge on any atom is 0.278 e. The van der Waals surface area contributed by atoms with E-state index in [1.807, 2.05) is 0 Å². The van der Waals surface area contributed by atoms with Gasteiger partial charge in [0, 0.05) is 30.9 Å². The quantitative estimate of drug-likeness (QED) is 0.687. The number of aromatic hydroxyl groups is 1. The van der Waals surface area contributed by atoms with Crippen LogP contribution in [0.4, 0.5) is 8.78 Å². The average Bonchev–Trinajstić information content (AvgIpc) is 2.76. The Labute approximate surface area is 188 Å². The molecular weight excluding hydrogens is 434 g/mol. The zero-order valence-electron chi connectivity index (χ0n) is 18.3. The molecule has 3 heterocycles. The van der Waals surface area contributed by atoms with Crippen molar-refractivity contribution < 1.29 is 23.5 Å². The molecule has 2 aliphatic heterocycles. The SMILES string of the molecule is C=C1CCCN2[C@@H]1N(CC)C(=O)c1c(O)c(=O)c(C(=O)N[C@H](C)c3ccc(F)cc3F)cn12. The molecule has 0 bridgehead atoms. The summed E-state index contributed by atoms with van der Waals surface area (Å²) in [5.41, 5.74) is -0.788. The van der Waals surface area contributed by atoms with Gasteiger partial charge in [0.1, 0.15) is 23.4 Å². The lowest BCUT2D eigenvalue weighted by molar-refractivity contribution is 0.0601. The maximum atomic E-state index is 14.1. The first-order valence-corrected chi connectivity index (χ1v) is 10.7. The van der Waals surface area contributed by atoms with Gasteiger partial charge < -0.3 is 15.3 Å². The van der Waals surface area contributed by atoms with Gasteiger partial charge in [0.25, 0.3) is 11.8 Å². The number of rotatable bonds is 4. The number of carbonyl (C=O) groups excluding carboxylic acids is 2. The molecule has 2 amide bonds. The standard InChI is InChI=1S/C23H24F2N4O4/c1-4-27-22-12(2)6-5-9-28(22)29-11-16(19(30)20(31)18(29)23(27)33)21(32)26-13(3)15-8-7-14(24)10-17(15)25/h7-8,10-11,13,22,31H,2,4-6,9H2,1,3H3,(H,26,32)/t13-,22+/m1/s1. The number of hydrogen-bond donors (Lipinski definition) is 2. The lowest BCUT2D eigenvalue weighted by Crippen LogP contribution is -2.63. The van der Waals surface area contributed by atoms with Crippen LogP contribution < -0.4 is 15.8 Å². The van der Waals surface area contributed by atoms with Gasteiger partial charge in [-0.2, -0.15) is 0 Å². The van der Waals surface area contributed by atoms with Crippen molar-refractivity contribution in [3.8, 4) is 5.75 Å². The molecule has 1 aromatic heterocycles. The van der Waals surface area contributed by atoms with E-state index in [0.717, 1.165) is 24.5 Å². The summed E-state index contributed by atoms with van der Waals surface area (Å²) < 4.78 is 28.7. The van der Waals surface area contributed by atoms with Crippen molar-refractivity contribution in [1.82, 2.24) is 14.9 Å². The van der Waals surface area contributed by atoms with E-state index in [2.05, 4.69) is 11.9 Å². The summed E-state index contributed by atoms with van der Waals surface area (Å²) in [6.07, 6.45) is 2.22. The average molecular weight is 458 g/mol. The molecule has 0 spiro atoms. The van der Waals surface area contributed by atoms with Crippen LogP contribution in [-0.2, 0) is 0 Å². The molecule has 174 valence electrons. The molecule has 0 aliphatic carbocycles. The van der Waals surface area contributed by atoms with E-state index in [-0.39, 0.29) is 11.3 Å². The van der Waals surface area contributed by atoms with Gasteiger partial charge in [0.2, 0.25) is 5.43 Å². The third-order valence-corrected chi connectivity index (χ3v) is 6.09. The summed E-state index contributed by atoms with van der Waals surface area (Å²) in [7, 11) is 0. The molecule has 2 atom stereocenters. The van der Waals surface area contributed by atoms with Crippen LogP contribution in [0.25, 0.3) is 0 Å². The highest BCUT2D eigenvalue weighted by Gasteiger charge is 2.42. The Morgan fingerprint density at radius 2 is 2.06 bits per heavy atom. The summed E-state index contributed by atoms with van der Waals surface area (Å²) in [4.78, 5) is 40.4. The Balaban J connectivity index is 1.74. The van der Waals surface area contributed by atoms with Gasteiger partial charge in [0.05, 0.1) is 6.04 Å². The van der Waals surface area contributed by atoms with E-state index in [9.17, 15) is 28.3 Å². The summed E-state index contributed by atoms with van der Waals surface area (Å²) in [6, 6.07) is 2.08. The minimum Gasteiger partial charge on any atom is -0.502 e. The molecule has 2 N–H and O–H groups in total. The number of benzene rings is 1. The molecule has 1 aromatic carbocycles. The van der Waals surface area contributed by atoms with Crippen molar-refractivity contribution in [2.75, 3.05) is 18.1 Å². The van der Waals surface area contributed by atoms with Crippen molar-refractivity contribution in [2.24, 2.45) is 0 Å². The fourth-order valence-corrected chi connectivity index (χ4v) is 4.46. The summed E-state index contributed by atoms with van der Waals surface area (Å²) >= 11 is 0. The number of likely N-dealkylation sites (N-methyl/N-ethyl adjacent to an activating group) is 1. The normalized spacial score (nSPS) is 18.6. The van der Waals surface area contributed by atoms with Crippen molar-refractivity contribution in [1.29, 1.82) is 0 Å². The number of hydrogen-bond acceptors (Lipinski definition) is 5. The van der Waals surface area contributed by atoms with Crippen molar-refractivity contribution in [3.05, 3.63) is 75.2 Å². The first-order valence-electron chi connectivity index (χ1n) is 10.7. The fourth-order valence-electron chi connectivity index (χ4n) is 4.46. The molecule has 0 radical (unpaired) electrons. The van der Waals surface area contributed by atoms with Crippen molar-refractivity contribution >= 4 is 11.8 Å². The van der Waals surface area contributed by atoms with E-state index >= 15 is 0 Å². The summed E-state index contributed by atoms with van der Waals surface area (Å²) in [5, 5.41) is 14.9. The third-order valence-electron chi connectivity index (χ3n) is 6.09. The second-order valence-corrected chi connectivity index (χ2v) is 8.16. The Kier molecular flexibility index (Phi) is 5.69. The van der Waals surface area contributed by atoms with Crippen LogP contribution in [0.3, 0.4) is 0 Å². The molecule has 10 heteroatoms. The Morgan fingerprint density at radius 1 is 1.33 bits per heavy atom. The molecule has 1 fully saturated rings. The molecular formula is C23H24F2N4O4. The van der Waals surface area contributed by atoms with Crippen LogP contribution in [0, 0.1) is 11.6 Å². The summed E-state index contributed by atoms with van der Waals surface area (Å²) in [5.74, 6) is -3.82. The summed E-state index contributed by atoms with van der Waals surface area (Å²) in [6.45, 7) is 8.21. The highest BCUT2D eigenvalue weighted by Crippen LogP contribution is 2.31. The van der Waals surface area contributed by atoms with Gasteiger partial charge in [-0.1, -0.05) is 12.6 Å². The molecule has 0 unspecified atom stereocenters. The lowest BCUT2D eigenvalue weighted by Gasteiger charge is -2.49. The number of carbonyl (C=O) groups is 2. The number of amides is 2. The maximum absolute atomic E-state index is 14.1. The zero-order valence-corrected chi connectivity index (χ0v) is 18.3. The largest absolute Gasteiger partial charge is 0.502 e. The Bertz CT molecular complexity index is 1230. The molecule has 4 rings (SSSR count). The number of halogens is 2. The first-order chi connectivity index (χ1) is 15.6. The van der Waals surface area contributed by atoms with E-state index < -0.39 is 52.4 Å². The number of fused-ring (bicyclic) bond motifs is 3. The van der Waals surface area contributed by atoms with E-state index in [1.165, 1.54) is 28.8 Å². The van der Waals surface area contributed by atoms with Gasteiger partial charge in [-0.15, -0.1) is 0 Å². The zero-order chi connectivity index (χ0) is 24.0. The van der Waals surface area contributed by atoms with E-state index in [0.29, 0.717) is 19.2 Å². The van der Waals surface area contributed by atoms with E-state index in [4.69, 9.17) is 0 Å². The number of pyridine rings is 1. The van der Waals surface area contributed by atoms with Crippen LogP contribution in [0.1, 0.15) is 59.1 Å².